The molecule has 0 bridgehead atoms. The van der Waals surface area contributed by atoms with Gasteiger partial charge in [-0.3, -0.25) is 0 Å². The van der Waals surface area contributed by atoms with Gasteiger partial charge in [0.1, 0.15) is 0 Å². The van der Waals surface area contributed by atoms with E-state index in [2.05, 4.69) is 13.0 Å². The minimum atomic E-state index is -0.156. The maximum absolute atomic E-state index is 9.66. The summed E-state index contributed by atoms with van der Waals surface area (Å²) in [5.74, 6) is 0.549. The van der Waals surface area contributed by atoms with Gasteiger partial charge in [-0.05, 0) is 30.6 Å². The van der Waals surface area contributed by atoms with Crippen molar-refractivity contribution < 1.29 is 5.11 Å². The Balaban J connectivity index is 2.25. The van der Waals surface area contributed by atoms with Crippen molar-refractivity contribution in [2.24, 2.45) is 11.3 Å². The highest BCUT2D eigenvalue weighted by Gasteiger charge is 2.42. The van der Waals surface area contributed by atoms with Gasteiger partial charge in [-0.15, -0.1) is 0 Å². The number of rotatable bonds is 0. The Morgan fingerprint density at radius 3 is 3.09 bits per heavy atom. The number of fused-ring (bicyclic) bond motifs is 1. The summed E-state index contributed by atoms with van der Waals surface area (Å²) in [6.45, 7) is 2.32. The molecule has 2 rings (SSSR count). The molecule has 0 aromatic rings. The molecular weight excluding hydrogens is 136 g/mol. The highest BCUT2D eigenvalue weighted by molar-refractivity contribution is 5.08. The molecule has 11 heavy (non-hydrogen) atoms. The van der Waals surface area contributed by atoms with Crippen molar-refractivity contribution >= 4 is 0 Å². The van der Waals surface area contributed by atoms with Gasteiger partial charge < -0.3 is 5.11 Å². The monoisotopic (exact) mass is 152 g/mol. The molecule has 0 heterocycles. The molecule has 0 amide bonds. The van der Waals surface area contributed by atoms with E-state index in [0.29, 0.717) is 11.3 Å². The number of hydrogen-bond acceptors (Lipinski definition) is 1. The average Bonchev–Trinajstić information content (AvgIpc) is 2.31. The Labute approximate surface area is 68.1 Å². The van der Waals surface area contributed by atoms with Crippen molar-refractivity contribution in [3.05, 3.63) is 12.2 Å². The van der Waals surface area contributed by atoms with E-state index in [0.717, 1.165) is 0 Å². The molecule has 3 atom stereocenters. The summed E-state index contributed by atoms with van der Waals surface area (Å²) in [7, 11) is 0. The van der Waals surface area contributed by atoms with Gasteiger partial charge in [0, 0.05) is 0 Å². The standard InChI is InChI=1S/C10H16O/c1-10-6-2-4-8(10)9(11)5-3-7-10/h3,5,8-9,11H,2,4,6-7H2,1H3. The first-order chi connectivity index (χ1) is 5.22. The molecule has 1 saturated carbocycles. The summed E-state index contributed by atoms with van der Waals surface area (Å²) in [6.07, 6.45) is 8.97. The fraction of sp³-hybridized carbons (Fsp3) is 0.800. The van der Waals surface area contributed by atoms with Gasteiger partial charge >= 0.3 is 0 Å². The lowest BCUT2D eigenvalue weighted by Crippen LogP contribution is -2.33. The molecule has 2 aliphatic rings. The summed E-state index contributed by atoms with van der Waals surface area (Å²) in [6, 6.07) is 0. The van der Waals surface area contributed by atoms with Crippen LogP contribution in [-0.4, -0.2) is 11.2 Å². The zero-order valence-corrected chi connectivity index (χ0v) is 7.09. The van der Waals surface area contributed by atoms with Crippen LogP contribution in [0.25, 0.3) is 0 Å². The normalized spacial score (nSPS) is 49.3. The Morgan fingerprint density at radius 1 is 1.55 bits per heavy atom. The van der Waals surface area contributed by atoms with Gasteiger partial charge in [0.05, 0.1) is 6.10 Å². The molecule has 3 unspecified atom stereocenters. The van der Waals surface area contributed by atoms with Crippen molar-refractivity contribution in [3.8, 4) is 0 Å². The first-order valence-corrected chi connectivity index (χ1v) is 4.57. The van der Waals surface area contributed by atoms with Crippen LogP contribution >= 0.6 is 0 Å². The Bertz CT molecular complexity index is 185. The van der Waals surface area contributed by atoms with Crippen LogP contribution in [0.1, 0.15) is 32.6 Å². The van der Waals surface area contributed by atoms with Crippen LogP contribution in [0.2, 0.25) is 0 Å². The molecule has 1 fully saturated rings. The molecule has 0 aliphatic heterocycles. The van der Waals surface area contributed by atoms with Gasteiger partial charge in [0.15, 0.2) is 0 Å². The maximum Gasteiger partial charge on any atom is 0.0754 e. The summed E-state index contributed by atoms with van der Waals surface area (Å²) in [5.41, 5.74) is 0.425. The van der Waals surface area contributed by atoms with E-state index in [4.69, 9.17) is 0 Å². The number of hydrogen-bond donors (Lipinski definition) is 1. The second-order valence-electron chi connectivity index (χ2n) is 4.28. The van der Waals surface area contributed by atoms with Gasteiger partial charge in [-0.2, -0.15) is 0 Å². The molecule has 0 aromatic carbocycles. The lowest BCUT2D eigenvalue weighted by atomic mass is 9.71. The third-order valence-corrected chi connectivity index (χ3v) is 3.49. The largest absolute Gasteiger partial charge is 0.389 e. The van der Waals surface area contributed by atoms with Crippen LogP contribution in [0.4, 0.5) is 0 Å². The number of aliphatic hydroxyl groups is 1. The van der Waals surface area contributed by atoms with E-state index >= 15 is 0 Å². The Hall–Kier alpha value is -0.300. The minimum Gasteiger partial charge on any atom is -0.389 e. The Kier molecular flexibility index (Phi) is 1.57. The molecule has 1 heteroatoms. The second kappa shape index (κ2) is 2.34. The van der Waals surface area contributed by atoms with Crippen LogP contribution in [0.3, 0.4) is 0 Å². The van der Waals surface area contributed by atoms with Crippen molar-refractivity contribution in [3.63, 3.8) is 0 Å². The number of aliphatic hydroxyl groups excluding tert-OH is 1. The molecular formula is C10H16O. The third-order valence-electron chi connectivity index (χ3n) is 3.49. The summed E-state index contributed by atoms with van der Waals surface area (Å²) < 4.78 is 0. The number of allylic oxidation sites excluding steroid dienone is 1. The summed E-state index contributed by atoms with van der Waals surface area (Å²) in [4.78, 5) is 0. The van der Waals surface area contributed by atoms with Crippen LogP contribution in [-0.2, 0) is 0 Å². The predicted octanol–water partition coefficient (Wildman–Crippen LogP) is 2.11. The molecule has 1 N–H and O–H groups in total. The van der Waals surface area contributed by atoms with Crippen LogP contribution < -0.4 is 0 Å². The van der Waals surface area contributed by atoms with Crippen molar-refractivity contribution in [2.75, 3.05) is 0 Å². The van der Waals surface area contributed by atoms with Crippen molar-refractivity contribution in [2.45, 2.75) is 38.7 Å². The van der Waals surface area contributed by atoms with E-state index in [1.54, 1.807) is 0 Å². The second-order valence-corrected chi connectivity index (χ2v) is 4.28. The third kappa shape index (κ3) is 1.02. The minimum absolute atomic E-state index is 0.156. The predicted molar refractivity (Wildman–Crippen MR) is 45.2 cm³/mol. The fourth-order valence-electron chi connectivity index (χ4n) is 2.71. The lowest BCUT2D eigenvalue weighted by Gasteiger charge is -2.36. The van der Waals surface area contributed by atoms with Gasteiger partial charge in [-0.25, -0.2) is 0 Å². The van der Waals surface area contributed by atoms with E-state index in [1.807, 2.05) is 6.08 Å². The SMILES string of the molecule is CC12CC=CC(O)C1CCC2. The zero-order valence-electron chi connectivity index (χ0n) is 7.09. The molecule has 1 nitrogen and oxygen atoms in total. The van der Waals surface area contributed by atoms with Gasteiger partial charge in [-0.1, -0.05) is 25.5 Å². The quantitative estimate of drug-likeness (QED) is 0.527. The highest BCUT2D eigenvalue weighted by Crippen LogP contribution is 2.49. The van der Waals surface area contributed by atoms with Crippen LogP contribution in [0.15, 0.2) is 12.2 Å². The first kappa shape index (κ1) is 7.35. The summed E-state index contributed by atoms with van der Waals surface area (Å²) in [5, 5.41) is 9.66. The van der Waals surface area contributed by atoms with E-state index < -0.39 is 0 Å². The van der Waals surface area contributed by atoms with Crippen LogP contribution in [0, 0.1) is 11.3 Å². The first-order valence-electron chi connectivity index (χ1n) is 4.57. The molecule has 62 valence electrons. The molecule has 2 aliphatic carbocycles. The van der Waals surface area contributed by atoms with E-state index in [-0.39, 0.29) is 6.10 Å². The molecule has 0 aromatic heterocycles. The van der Waals surface area contributed by atoms with Gasteiger partial charge in [0.2, 0.25) is 0 Å². The van der Waals surface area contributed by atoms with Crippen molar-refractivity contribution in [1.82, 2.24) is 0 Å². The highest BCUT2D eigenvalue weighted by atomic mass is 16.3. The Morgan fingerprint density at radius 2 is 2.36 bits per heavy atom. The zero-order chi connectivity index (χ0) is 7.90. The van der Waals surface area contributed by atoms with E-state index in [9.17, 15) is 5.11 Å². The van der Waals surface area contributed by atoms with E-state index in [1.165, 1.54) is 25.7 Å². The summed E-state index contributed by atoms with van der Waals surface area (Å²) >= 11 is 0. The molecule has 0 spiro atoms. The van der Waals surface area contributed by atoms with Gasteiger partial charge in [0.25, 0.3) is 0 Å². The topological polar surface area (TPSA) is 20.2 Å². The smallest absolute Gasteiger partial charge is 0.0754 e. The fourth-order valence-corrected chi connectivity index (χ4v) is 2.71. The molecule has 0 saturated heterocycles. The average molecular weight is 152 g/mol. The lowest BCUT2D eigenvalue weighted by molar-refractivity contribution is 0.0699. The van der Waals surface area contributed by atoms with Crippen molar-refractivity contribution in [1.29, 1.82) is 0 Å². The maximum atomic E-state index is 9.66. The molecule has 0 radical (unpaired) electrons. The van der Waals surface area contributed by atoms with Crippen LogP contribution in [0.5, 0.6) is 0 Å².